The molecule has 1 aromatic carbocycles. The Hall–Kier alpha value is -1.71. The molecule has 5 atom stereocenters. The molecule has 2 rings (SSSR count). The maximum absolute atomic E-state index is 11.9. The van der Waals surface area contributed by atoms with E-state index >= 15 is 0 Å². The summed E-state index contributed by atoms with van der Waals surface area (Å²) in [6.45, 7) is 1.12. The summed E-state index contributed by atoms with van der Waals surface area (Å²) >= 11 is 0. The van der Waals surface area contributed by atoms with Gasteiger partial charge in [0.2, 0.25) is 6.29 Å². The Bertz CT molecular complexity index is 558. The molecule has 128 valence electrons. The SMILES string of the molecule is COC(=O)c1c(C)cccc1OC1O[C@H](CO)C(O)C(O)C1O. The van der Waals surface area contributed by atoms with Gasteiger partial charge in [-0.2, -0.15) is 0 Å². The second kappa shape index (κ2) is 7.24. The van der Waals surface area contributed by atoms with Crippen molar-refractivity contribution in [3.05, 3.63) is 29.3 Å². The molecule has 0 saturated carbocycles. The predicted molar refractivity (Wildman–Crippen MR) is 76.9 cm³/mol. The summed E-state index contributed by atoms with van der Waals surface area (Å²) in [6.07, 6.45) is -7.05. The molecule has 4 unspecified atom stereocenters. The van der Waals surface area contributed by atoms with Crippen LogP contribution in [-0.4, -0.2) is 70.8 Å². The van der Waals surface area contributed by atoms with Gasteiger partial charge < -0.3 is 34.6 Å². The molecule has 8 nitrogen and oxygen atoms in total. The van der Waals surface area contributed by atoms with Gasteiger partial charge in [0.25, 0.3) is 0 Å². The second-order valence-corrected chi connectivity index (χ2v) is 5.25. The van der Waals surface area contributed by atoms with Gasteiger partial charge in [-0.3, -0.25) is 0 Å². The Morgan fingerprint density at radius 2 is 1.91 bits per heavy atom. The van der Waals surface area contributed by atoms with Gasteiger partial charge in [0.05, 0.1) is 13.7 Å². The lowest BCUT2D eigenvalue weighted by molar-refractivity contribution is -0.277. The highest BCUT2D eigenvalue weighted by Crippen LogP contribution is 2.28. The Morgan fingerprint density at radius 3 is 2.52 bits per heavy atom. The van der Waals surface area contributed by atoms with E-state index < -0.39 is 43.3 Å². The van der Waals surface area contributed by atoms with Crippen molar-refractivity contribution >= 4 is 5.97 Å². The third kappa shape index (κ3) is 3.46. The summed E-state index contributed by atoms with van der Waals surface area (Å²) in [5, 5.41) is 38.7. The minimum Gasteiger partial charge on any atom is -0.465 e. The molecule has 8 heteroatoms. The maximum atomic E-state index is 11.9. The number of hydrogen-bond acceptors (Lipinski definition) is 8. The highest BCUT2D eigenvalue weighted by atomic mass is 16.7. The van der Waals surface area contributed by atoms with Crippen LogP contribution in [0.4, 0.5) is 0 Å². The van der Waals surface area contributed by atoms with Crippen molar-refractivity contribution in [2.75, 3.05) is 13.7 Å². The number of benzene rings is 1. The fourth-order valence-electron chi connectivity index (χ4n) is 2.39. The van der Waals surface area contributed by atoms with Crippen molar-refractivity contribution < 1.29 is 39.4 Å². The average molecular weight is 328 g/mol. The predicted octanol–water partition coefficient (Wildman–Crippen LogP) is -1.04. The molecule has 0 bridgehead atoms. The van der Waals surface area contributed by atoms with Crippen LogP contribution in [0.3, 0.4) is 0 Å². The Balaban J connectivity index is 2.28. The lowest BCUT2D eigenvalue weighted by atomic mass is 9.99. The van der Waals surface area contributed by atoms with Gasteiger partial charge in [0, 0.05) is 0 Å². The van der Waals surface area contributed by atoms with Gasteiger partial charge in [0.15, 0.2) is 0 Å². The quantitative estimate of drug-likeness (QED) is 0.517. The van der Waals surface area contributed by atoms with Gasteiger partial charge >= 0.3 is 5.97 Å². The second-order valence-electron chi connectivity index (χ2n) is 5.25. The number of aliphatic hydroxyl groups excluding tert-OH is 4. The van der Waals surface area contributed by atoms with Crippen molar-refractivity contribution in [3.8, 4) is 5.75 Å². The monoisotopic (exact) mass is 328 g/mol. The minimum atomic E-state index is -1.56. The summed E-state index contributed by atoms with van der Waals surface area (Å²) in [5.74, 6) is -0.524. The first-order valence-corrected chi connectivity index (χ1v) is 7.05. The maximum Gasteiger partial charge on any atom is 0.341 e. The lowest BCUT2D eigenvalue weighted by Gasteiger charge is -2.39. The van der Waals surface area contributed by atoms with Crippen LogP contribution >= 0.6 is 0 Å². The molecule has 1 fully saturated rings. The van der Waals surface area contributed by atoms with Crippen molar-refractivity contribution in [2.24, 2.45) is 0 Å². The van der Waals surface area contributed by atoms with E-state index in [0.717, 1.165) is 0 Å². The van der Waals surface area contributed by atoms with Crippen LogP contribution in [0.1, 0.15) is 15.9 Å². The minimum absolute atomic E-state index is 0.0983. The number of carbonyl (C=O) groups is 1. The number of methoxy groups -OCH3 is 1. The fourth-order valence-corrected chi connectivity index (χ4v) is 2.39. The van der Waals surface area contributed by atoms with E-state index in [1.807, 2.05) is 0 Å². The van der Waals surface area contributed by atoms with Crippen LogP contribution in [0.25, 0.3) is 0 Å². The van der Waals surface area contributed by atoms with Crippen LogP contribution in [0.2, 0.25) is 0 Å². The first-order chi connectivity index (χ1) is 10.9. The van der Waals surface area contributed by atoms with Crippen molar-refractivity contribution in [2.45, 2.75) is 37.6 Å². The topological polar surface area (TPSA) is 126 Å². The molecule has 23 heavy (non-hydrogen) atoms. The summed E-state index contributed by atoms with van der Waals surface area (Å²) in [5.41, 5.74) is 0.755. The molecule has 4 N–H and O–H groups in total. The van der Waals surface area contributed by atoms with Crippen molar-refractivity contribution in [1.29, 1.82) is 0 Å². The molecule has 1 heterocycles. The van der Waals surface area contributed by atoms with Crippen molar-refractivity contribution in [3.63, 3.8) is 0 Å². The van der Waals surface area contributed by atoms with Crippen LogP contribution in [-0.2, 0) is 9.47 Å². The largest absolute Gasteiger partial charge is 0.465 e. The molecule has 0 aliphatic carbocycles. The number of esters is 1. The zero-order chi connectivity index (χ0) is 17.1. The molecule has 0 radical (unpaired) electrons. The molecule has 0 aromatic heterocycles. The molecule has 1 aliphatic rings. The summed E-state index contributed by atoms with van der Waals surface area (Å²) in [4.78, 5) is 11.9. The highest BCUT2D eigenvalue weighted by Gasteiger charge is 2.45. The average Bonchev–Trinajstić information content (AvgIpc) is 2.54. The first kappa shape index (κ1) is 17.6. The number of rotatable bonds is 4. The number of aryl methyl sites for hydroxylation is 1. The molecule has 1 aromatic rings. The van der Waals surface area contributed by atoms with E-state index in [2.05, 4.69) is 0 Å². The Morgan fingerprint density at radius 1 is 1.22 bits per heavy atom. The number of carbonyl (C=O) groups excluding carboxylic acids is 1. The van der Waals surface area contributed by atoms with E-state index in [9.17, 15) is 20.1 Å². The van der Waals surface area contributed by atoms with Gasteiger partial charge in [0.1, 0.15) is 35.7 Å². The normalized spacial score (nSPS) is 30.8. The third-order valence-corrected chi connectivity index (χ3v) is 3.72. The van der Waals surface area contributed by atoms with Gasteiger partial charge in [-0.25, -0.2) is 4.79 Å². The number of hydrogen-bond donors (Lipinski definition) is 4. The molecule has 1 saturated heterocycles. The molecule has 0 spiro atoms. The standard InChI is InChI=1S/C15H20O8/c1-7-4-3-5-8(10(7)14(20)21-2)22-15-13(19)12(18)11(17)9(6-16)23-15/h3-5,9,11-13,15-19H,6H2,1-2H3/t9-,11?,12?,13?,15?/m1/s1. The van der Waals surface area contributed by atoms with E-state index in [1.54, 1.807) is 19.1 Å². The summed E-state index contributed by atoms with van der Waals surface area (Å²) in [6, 6.07) is 4.81. The Kier molecular flexibility index (Phi) is 5.55. The van der Waals surface area contributed by atoms with Crippen LogP contribution in [0.15, 0.2) is 18.2 Å². The lowest BCUT2D eigenvalue weighted by Crippen LogP contribution is -2.60. The zero-order valence-corrected chi connectivity index (χ0v) is 12.7. The smallest absolute Gasteiger partial charge is 0.341 e. The summed E-state index contributed by atoms with van der Waals surface area (Å²) < 4.78 is 15.5. The van der Waals surface area contributed by atoms with Crippen LogP contribution in [0, 0.1) is 6.92 Å². The molecular weight excluding hydrogens is 308 g/mol. The van der Waals surface area contributed by atoms with Gasteiger partial charge in [-0.05, 0) is 18.6 Å². The van der Waals surface area contributed by atoms with E-state index in [0.29, 0.717) is 5.56 Å². The van der Waals surface area contributed by atoms with E-state index in [-0.39, 0.29) is 11.3 Å². The van der Waals surface area contributed by atoms with E-state index in [1.165, 1.54) is 13.2 Å². The fraction of sp³-hybridized carbons (Fsp3) is 0.533. The van der Waals surface area contributed by atoms with Gasteiger partial charge in [-0.15, -0.1) is 0 Å². The number of aliphatic hydroxyl groups is 4. The molecule has 0 amide bonds. The first-order valence-electron chi connectivity index (χ1n) is 7.05. The Labute approximate surface area is 132 Å². The van der Waals surface area contributed by atoms with Gasteiger partial charge in [-0.1, -0.05) is 12.1 Å². The van der Waals surface area contributed by atoms with Crippen molar-refractivity contribution in [1.82, 2.24) is 0 Å². The molecule has 1 aliphatic heterocycles. The molecular formula is C15H20O8. The number of ether oxygens (including phenoxy) is 3. The van der Waals surface area contributed by atoms with Crippen LogP contribution < -0.4 is 4.74 Å². The summed E-state index contributed by atoms with van der Waals surface area (Å²) in [7, 11) is 1.23. The third-order valence-electron chi connectivity index (χ3n) is 3.72. The van der Waals surface area contributed by atoms with E-state index in [4.69, 9.17) is 19.3 Å². The zero-order valence-electron chi connectivity index (χ0n) is 12.7. The van der Waals surface area contributed by atoms with Crippen LogP contribution in [0.5, 0.6) is 5.75 Å². The highest BCUT2D eigenvalue weighted by molar-refractivity contribution is 5.94.